The number of hydrogen-bond acceptors (Lipinski definition) is 3. The van der Waals surface area contributed by atoms with Gasteiger partial charge in [0.2, 0.25) is 0 Å². The minimum atomic E-state index is 0.383. The molecule has 1 aromatic carbocycles. The fourth-order valence-electron chi connectivity index (χ4n) is 2.19. The maximum atomic E-state index is 5.60. The van der Waals surface area contributed by atoms with Gasteiger partial charge in [0.1, 0.15) is 11.5 Å². The summed E-state index contributed by atoms with van der Waals surface area (Å²) in [4.78, 5) is 0. The summed E-state index contributed by atoms with van der Waals surface area (Å²) >= 11 is 0. The van der Waals surface area contributed by atoms with Crippen molar-refractivity contribution in [2.75, 3.05) is 27.3 Å². The summed E-state index contributed by atoms with van der Waals surface area (Å²) < 4.78 is 11.0. The van der Waals surface area contributed by atoms with E-state index in [0.717, 1.165) is 36.6 Å². The smallest absolute Gasteiger partial charge is 0.129 e. The lowest BCUT2D eigenvalue weighted by Crippen LogP contribution is -2.16. The summed E-state index contributed by atoms with van der Waals surface area (Å²) in [6, 6.07) is 4.14. The first-order valence-corrected chi connectivity index (χ1v) is 6.60. The molecule has 18 heavy (non-hydrogen) atoms. The first kappa shape index (κ1) is 14.8. The van der Waals surface area contributed by atoms with Crippen LogP contribution in [0.3, 0.4) is 0 Å². The number of likely N-dealkylation sites (N-methyl/N-ethyl adjacent to an activating group) is 1. The molecule has 0 aliphatic heterocycles. The van der Waals surface area contributed by atoms with Gasteiger partial charge in [0.25, 0.3) is 0 Å². The molecule has 0 aromatic heterocycles. The number of nitrogens with one attached hydrogen (secondary N) is 1. The maximum Gasteiger partial charge on any atom is 0.129 e. The molecule has 0 bridgehead atoms. The SMILES string of the molecule is CCNCCc1ccc(OC)c(C(C)C)c1OC. The van der Waals surface area contributed by atoms with E-state index >= 15 is 0 Å². The Labute approximate surface area is 110 Å². The van der Waals surface area contributed by atoms with Crippen LogP contribution in [-0.4, -0.2) is 27.3 Å². The molecule has 0 aliphatic carbocycles. The highest BCUT2D eigenvalue weighted by atomic mass is 16.5. The zero-order valence-corrected chi connectivity index (χ0v) is 12.2. The van der Waals surface area contributed by atoms with Crippen LogP contribution in [0.15, 0.2) is 12.1 Å². The highest BCUT2D eigenvalue weighted by Gasteiger charge is 2.17. The van der Waals surface area contributed by atoms with Gasteiger partial charge >= 0.3 is 0 Å². The molecule has 102 valence electrons. The molecule has 3 nitrogen and oxygen atoms in total. The Morgan fingerprint density at radius 1 is 1.17 bits per heavy atom. The summed E-state index contributed by atoms with van der Waals surface area (Å²) in [5.41, 5.74) is 2.40. The van der Waals surface area contributed by atoms with Gasteiger partial charge in [-0.15, -0.1) is 0 Å². The van der Waals surface area contributed by atoms with E-state index in [9.17, 15) is 0 Å². The molecular formula is C15H25NO2. The molecule has 0 unspecified atom stereocenters. The fraction of sp³-hybridized carbons (Fsp3) is 0.600. The summed E-state index contributed by atoms with van der Waals surface area (Å²) in [5, 5.41) is 3.34. The summed E-state index contributed by atoms with van der Waals surface area (Å²) in [6.45, 7) is 8.40. The highest BCUT2D eigenvalue weighted by Crippen LogP contribution is 2.37. The number of ether oxygens (including phenoxy) is 2. The number of methoxy groups -OCH3 is 2. The van der Waals surface area contributed by atoms with Crippen LogP contribution in [-0.2, 0) is 6.42 Å². The van der Waals surface area contributed by atoms with Gasteiger partial charge in [-0.1, -0.05) is 26.8 Å². The van der Waals surface area contributed by atoms with E-state index in [4.69, 9.17) is 9.47 Å². The molecule has 0 fully saturated rings. The highest BCUT2D eigenvalue weighted by molar-refractivity contribution is 5.52. The van der Waals surface area contributed by atoms with Gasteiger partial charge in [-0.05, 0) is 37.1 Å². The van der Waals surface area contributed by atoms with Crippen LogP contribution in [0.5, 0.6) is 11.5 Å². The molecule has 0 spiro atoms. The Hall–Kier alpha value is -1.22. The van der Waals surface area contributed by atoms with E-state index in [1.807, 2.05) is 6.07 Å². The number of hydrogen-bond donors (Lipinski definition) is 1. The first-order chi connectivity index (χ1) is 8.65. The van der Waals surface area contributed by atoms with Crippen LogP contribution in [0.4, 0.5) is 0 Å². The van der Waals surface area contributed by atoms with E-state index in [2.05, 4.69) is 32.2 Å². The summed E-state index contributed by atoms with van der Waals surface area (Å²) in [7, 11) is 3.44. The second-order valence-electron chi connectivity index (χ2n) is 4.63. The number of benzene rings is 1. The summed E-state index contributed by atoms with van der Waals surface area (Å²) in [6.07, 6.45) is 0.973. The first-order valence-electron chi connectivity index (χ1n) is 6.60. The largest absolute Gasteiger partial charge is 0.496 e. The average molecular weight is 251 g/mol. The molecule has 3 heteroatoms. The van der Waals surface area contributed by atoms with E-state index in [-0.39, 0.29) is 0 Å². The van der Waals surface area contributed by atoms with Gasteiger partial charge < -0.3 is 14.8 Å². The van der Waals surface area contributed by atoms with Crippen molar-refractivity contribution >= 4 is 0 Å². The van der Waals surface area contributed by atoms with Crippen LogP contribution < -0.4 is 14.8 Å². The van der Waals surface area contributed by atoms with Crippen LogP contribution in [0.1, 0.15) is 37.8 Å². The Balaban J connectivity index is 3.08. The lowest BCUT2D eigenvalue weighted by atomic mass is 9.96. The monoisotopic (exact) mass is 251 g/mol. The third-order valence-corrected chi connectivity index (χ3v) is 3.06. The molecule has 1 N–H and O–H groups in total. The molecule has 0 amide bonds. The minimum Gasteiger partial charge on any atom is -0.496 e. The zero-order valence-electron chi connectivity index (χ0n) is 12.2. The second kappa shape index (κ2) is 7.27. The third-order valence-electron chi connectivity index (χ3n) is 3.06. The van der Waals surface area contributed by atoms with Crippen LogP contribution in [0.2, 0.25) is 0 Å². The van der Waals surface area contributed by atoms with Gasteiger partial charge in [-0.25, -0.2) is 0 Å². The Morgan fingerprint density at radius 3 is 2.39 bits per heavy atom. The predicted molar refractivity (Wildman–Crippen MR) is 75.9 cm³/mol. The van der Waals surface area contributed by atoms with Crippen LogP contribution in [0.25, 0.3) is 0 Å². The second-order valence-corrected chi connectivity index (χ2v) is 4.63. The van der Waals surface area contributed by atoms with Crippen molar-refractivity contribution in [1.82, 2.24) is 5.32 Å². The van der Waals surface area contributed by atoms with Crippen molar-refractivity contribution < 1.29 is 9.47 Å². The molecule has 0 atom stereocenters. The molecule has 1 aromatic rings. The molecule has 0 aliphatic rings. The predicted octanol–water partition coefficient (Wildman–Crippen LogP) is 2.98. The van der Waals surface area contributed by atoms with Crippen molar-refractivity contribution in [3.63, 3.8) is 0 Å². The van der Waals surface area contributed by atoms with Gasteiger partial charge in [-0.2, -0.15) is 0 Å². The topological polar surface area (TPSA) is 30.5 Å². The Bertz CT molecular complexity index is 375. The zero-order chi connectivity index (χ0) is 13.5. The summed E-state index contributed by atoms with van der Waals surface area (Å²) in [5.74, 6) is 2.27. The van der Waals surface area contributed by atoms with Crippen molar-refractivity contribution in [1.29, 1.82) is 0 Å². The third kappa shape index (κ3) is 3.39. The lowest BCUT2D eigenvalue weighted by Gasteiger charge is -2.19. The van der Waals surface area contributed by atoms with E-state index in [1.165, 1.54) is 5.56 Å². The van der Waals surface area contributed by atoms with Gasteiger partial charge in [0.05, 0.1) is 14.2 Å². The standard InChI is InChI=1S/C15H25NO2/c1-6-16-10-9-12-7-8-13(17-4)14(11(2)3)15(12)18-5/h7-8,11,16H,6,9-10H2,1-5H3. The van der Waals surface area contributed by atoms with Crippen molar-refractivity contribution in [2.45, 2.75) is 33.1 Å². The normalized spacial score (nSPS) is 10.8. The van der Waals surface area contributed by atoms with Crippen molar-refractivity contribution in [2.24, 2.45) is 0 Å². The van der Waals surface area contributed by atoms with Crippen LogP contribution in [0, 0.1) is 0 Å². The quantitative estimate of drug-likeness (QED) is 0.756. The number of rotatable bonds is 7. The van der Waals surface area contributed by atoms with Gasteiger partial charge in [0.15, 0.2) is 0 Å². The minimum absolute atomic E-state index is 0.383. The molecular weight excluding hydrogens is 226 g/mol. The Kier molecular flexibility index (Phi) is 5.99. The van der Waals surface area contributed by atoms with Crippen LogP contribution >= 0.6 is 0 Å². The van der Waals surface area contributed by atoms with E-state index in [1.54, 1.807) is 14.2 Å². The lowest BCUT2D eigenvalue weighted by molar-refractivity contribution is 0.378. The Morgan fingerprint density at radius 2 is 1.89 bits per heavy atom. The molecule has 0 radical (unpaired) electrons. The van der Waals surface area contributed by atoms with E-state index < -0.39 is 0 Å². The molecule has 1 rings (SSSR count). The fourth-order valence-corrected chi connectivity index (χ4v) is 2.19. The average Bonchev–Trinajstić information content (AvgIpc) is 2.37. The molecule has 0 saturated heterocycles. The maximum absolute atomic E-state index is 5.60. The molecule has 0 heterocycles. The van der Waals surface area contributed by atoms with Crippen molar-refractivity contribution in [3.05, 3.63) is 23.3 Å². The molecule has 0 saturated carbocycles. The van der Waals surface area contributed by atoms with Gasteiger partial charge in [-0.3, -0.25) is 0 Å². The van der Waals surface area contributed by atoms with Crippen molar-refractivity contribution in [3.8, 4) is 11.5 Å². The van der Waals surface area contributed by atoms with E-state index in [0.29, 0.717) is 5.92 Å². The van der Waals surface area contributed by atoms with Gasteiger partial charge in [0, 0.05) is 5.56 Å².